The van der Waals surface area contributed by atoms with Gasteiger partial charge in [-0.15, -0.1) is 0 Å². The average Bonchev–Trinajstić information content (AvgIpc) is 2.88. The Balaban J connectivity index is 1.82. The standard InChI is InChI=1S/C22H29N3O2/c1-14-9-15(2)12-24(11-14)13-21(26)20-10-16(3)25(17(20)4)19-7-5-18(6-8-19)22(23)27/h5-8,10,14-15H,9,11-13H2,1-4H3,(H2,23,27). The van der Waals surface area contributed by atoms with E-state index in [9.17, 15) is 9.59 Å². The summed E-state index contributed by atoms with van der Waals surface area (Å²) in [5, 5.41) is 0. The first-order valence-electron chi connectivity index (χ1n) is 9.61. The summed E-state index contributed by atoms with van der Waals surface area (Å²) in [5.74, 6) is 1.00. The Morgan fingerprint density at radius 2 is 1.67 bits per heavy atom. The van der Waals surface area contributed by atoms with Crippen molar-refractivity contribution in [2.45, 2.75) is 34.1 Å². The van der Waals surface area contributed by atoms with Crippen molar-refractivity contribution in [2.75, 3.05) is 19.6 Å². The Labute approximate surface area is 161 Å². The summed E-state index contributed by atoms with van der Waals surface area (Å²) in [6, 6.07) is 9.13. The van der Waals surface area contributed by atoms with Crippen molar-refractivity contribution in [2.24, 2.45) is 17.6 Å². The topological polar surface area (TPSA) is 68.3 Å². The van der Waals surface area contributed by atoms with Crippen LogP contribution in [0.5, 0.6) is 0 Å². The molecular formula is C22H29N3O2. The second-order valence-corrected chi connectivity index (χ2v) is 8.09. The van der Waals surface area contributed by atoms with Crippen molar-refractivity contribution >= 4 is 11.7 Å². The van der Waals surface area contributed by atoms with E-state index in [1.54, 1.807) is 12.1 Å². The maximum atomic E-state index is 13.0. The Bertz CT molecular complexity index is 841. The van der Waals surface area contributed by atoms with Crippen LogP contribution in [0.1, 0.15) is 52.4 Å². The Kier molecular flexibility index (Phi) is 5.51. The van der Waals surface area contributed by atoms with Crippen molar-refractivity contribution in [3.05, 3.63) is 52.8 Å². The number of nitrogens with zero attached hydrogens (tertiary/aromatic N) is 2. The normalized spacial score (nSPS) is 20.6. The van der Waals surface area contributed by atoms with Crippen LogP contribution in [0.25, 0.3) is 5.69 Å². The summed E-state index contributed by atoms with van der Waals surface area (Å²) < 4.78 is 2.06. The lowest BCUT2D eigenvalue weighted by molar-refractivity contribution is 0.0848. The number of primary amides is 1. The molecule has 0 aliphatic carbocycles. The Morgan fingerprint density at radius 1 is 1.07 bits per heavy atom. The van der Waals surface area contributed by atoms with Gasteiger partial charge in [-0.1, -0.05) is 13.8 Å². The van der Waals surface area contributed by atoms with Crippen molar-refractivity contribution in [3.63, 3.8) is 0 Å². The molecular weight excluding hydrogens is 338 g/mol. The fraction of sp³-hybridized carbons (Fsp3) is 0.455. The van der Waals surface area contributed by atoms with Crippen LogP contribution >= 0.6 is 0 Å². The minimum absolute atomic E-state index is 0.171. The van der Waals surface area contributed by atoms with Gasteiger partial charge in [-0.2, -0.15) is 0 Å². The lowest BCUT2D eigenvalue weighted by atomic mass is 9.91. The number of ketones is 1. The molecule has 1 aromatic heterocycles. The summed E-state index contributed by atoms with van der Waals surface area (Å²) in [7, 11) is 0. The van der Waals surface area contributed by atoms with Crippen molar-refractivity contribution in [1.29, 1.82) is 0 Å². The maximum absolute atomic E-state index is 13.0. The molecule has 1 aliphatic heterocycles. The molecule has 5 heteroatoms. The number of hydrogen-bond donors (Lipinski definition) is 1. The van der Waals surface area contributed by atoms with Crippen LogP contribution < -0.4 is 5.73 Å². The number of amides is 1. The molecule has 5 nitrogen and oxygen atoms in total. The van der Waals surface area contributed by atoms with E-state index in [1.807, 2.05) is 32.0 Å². The van der Waals surface area contributed by atoms with Crippen LogP contribution in [0.2, 0.25) is 0 Å². The van der Waals surface area contributed by atoms with E-state index in [2.05, 4.69) is 23.3 Å². The number of nitrogens with two attached hydrogens (primary N) is 1. The highest BCUT2D eigenvalue weighted by atomic mass is 16.1. The van der Waals surface area contributed by atoms with E-state index < -0.39 is 5.91 Å². The van der Waals surface area contributed by atoms with Gasteiger partial charge in [-0.05, 0) is 62.4 Å². The molecule has 1 aliphatic rings. The number of aromatic nitrogens is 1. The van der Waals surface area contributed by atoms with Crippen LogP contribution in [-0.2, 0) is 0 Å². The number of likely N-dealkylation sites (tertiary alicyclic amines) is 1. The zero-order chi connectivity index (χ0) is 19.7. The van der Waals surface area contributed by atoms with Gasteiger partial charge in [-0.3, -0.25) is 14.5 Å². The maximum Gasteiger partial charge on any atom is 0.248 e. The lowest BCUT2D eigenvalue weighted by Gasteiger charge is -2.34. The molecule has 2 unspecified atom stereocenters. The van der Waals surface area contributed by atoms with Crippen LogP contribution in [0.3, 0.4) is 0 Å². The third-order valence-electron chi connectivity index (χ3n) is 5.45. The third-order valence-corrected chi connectivity index (χ3v) is 5.45. The fourth-order valence-electron chi connectivity index (χ4n) is 4.43. The second-order valence-electron chi connectivity index (χ2n) is 8.09. The summed E-state index contributed by atoms with van der Waals surface area (Å²) >= 11 is 0. The molecule has 2 atom stereocenters. The first kappa shape index (κ1) is 19.4. The number of hydrogen-bond acceptors (Lipinski definition) is 3. The number of carbonyl (C=O) groups is 2. The van der Waals surface area contributed by atoms with Gasteiger partial charge in [0.2, 0.25) is 5.91 Å². The number of piperidine rings is 1. The monoisotopic (exact) mass is 367 g/mol. The zero-order valence-electron chi connectivity index (χ0n) is 16.7. The number of Topliss-reactive ketones (excluding diaryl/α,β-unsaturated/α-hetero) is 1. The summed E-state index contributed by atoms with van der Waals surface area (Å²) in [6.45, 7) is 10.9. The largest absolute Gasteiger partial charge is 0.366 e. The quantitative estimate of drug-likeness (QED) is 0.824. The molecule has 2 N–H and O–H groups in total. The smallest absolute Gasteiger partial charge is 0.248 e. The predicted molar refractivity (Wildman–Crippen MR) is 107 cm³/mol. The zero-order valence-corrected chi connectivity index (χ0v) is 16.7. The van der Waals surface area contributed by atoms with E-state index >= 15 is 0 Å². The Morgan fingerprint density at radius 3 is 2.22 bits per heavy atom. The SMILES string of the molecule is Cc1cc(C(=O)CN2CC(C)CC(C)C2)c(C)n1-c1ccc(C(N)=O)cc1. The van der Waals surface area contributed by atoms with Gasteiger partial charge in [0.25, 0.3) is 0 Å². The van der Waals surface area contributed by atoms with Gasteiger partial charge in [0, 0.05) is 41.3 Å². The number of carbonyl (C=O) groups excluding carboxylic acids is 2. The highest BCUT2D eigenvalue weighted by Gasteiger charge is 2.25. The molecule has 1 saturated heterocycles. The molecule has 2 aromatic rings. The molecule has 144 valence electrons. The van der Waals surface area contributed by atoms with E-state index in [4.69, 9.17) is 5.73 Å². The molecule has 3 rings (SSSR count). The molecule has 27 heavy (non-hydrogen) atoms. The molecule has 1 amide bonds. The van der Waals surface area contributed by atoms with Crippen molar-refractivity contribution in [3.8, 4) is 5.69 Å². The second kappa shape index (κ2) is 7.69. The highest BCUT2D eigenvalue weighted by molar-refractivity contribution is 5.99. The van der Waals surface area contributed by atoms with Crippen molar-refractivity contribution < 1.29 is 9.59 Å². The highest BCUT2D eigenvalue weighted by Crippen LogP contribution is 2.24. The molecule has 0 saturated carbocycles. The predicted octanol–water partition coefficient (Wildman–Crippen LogP) is 3.35. The van der Waals surface area contributed by atoms with Gasteiger partial charge in [0.15, 0.2) is 5.78 Å². The summed E-state index contributed by atoms with van der Waals surface area (Å²) in [5.41, 5.74) is 9.43. The minimum atomic E-state index is -0.441. The molecule has 1 aromatic carbocycles. The van der Waals surface area contributed by atoms with Crippen LogP contribution in [-0.4, -0.2) is 40.8 Å². The first-order chi connectivity index (χ1) is 12.8. The minimum Gasteiger partial charge on any atom is -0.366 e. The van der Waals surface area contributed by atoms with Crippen LogP contribution in [0.15, 0.2) is 30.3 Å². The molecule has 2 heterocycles. The lowest BCUT2D eigenvalue weighted by Crippen LogP contribution is -2.41. The van der Waals surface area contributed by atoms with Gasteiger partial charge < -0.3 is 10.3 Å². The average molecular weight is 367 g/mol. The third kappa shape index (κ3) is 4.14. The summed E-state index contributed by atoms with van der Waals surface area (Å²) in [6.07, 6.45) is 1.24. The van der Waals surface area contributed by atoms with E-state index in [-0.39, 0.29) is 5.78 Å². The van der Waals surface area contributed by atoms with Gasteiger partial charge in [-0.25, -0.2) is 0 Å². The van der Waals surface area contributed by atoms with Crippen molar-refractivity contribution in [1.82, 2.24) is 9.47 Å². The first-order valence-corrected chi connectivity index (χ1v) is 9.61. The van der Waals surface area contributed by atoms with E-state index in [0.29, 0.717) is 23.9 Å². The molecule has 1 fully saturated rings. The summed E-state index contributed by atoms with van der Waals surface area (Å²) in [4.78, 5) is 26.5. The number of aryl methyl sites for hydroxylation is 1. The van der Waals surface area contributed by atoms with Gasteiger partial charge in [0.1, 0.15) is 0 Å². The molecule has 0 radical (unpaired) electrons. The molecule has 0 spiro atoms. The van der Waals surface area contributed by atoms with Crippen LogP contribution in [0, 0.1) is 25.7 Å². The van der Waals surface area contributed by atoms with Gasteiger partial charge in [0.05, 0.1) is 6.54 Å². The van der Waals surface area contributed by atoms with E-state index in [1.165, 1.54) is 6.42 Å². The fourth-order valence-corrected chi connectivity index (χ4v) is 4.43. The van der Waals surface area contributed by atoms with Crippen LogP contribution in [0.4, 0.5) is 0 Å². The van der Waals surface area contributed by atoms with E-state index in [0.717, 1.165) is 35.7 Å². The van der Waals surface area contributed by atoms with Gasteiger partial charge >= 0.3 is 0 Å². The number of rotatable bonds is 5. The number of benzene rings is 1. The molecule has 0 bridgehead atoms. The Hall–Kier alpha value is -2.40.